The normalized spacial score (nSPS) is 16.4. The van der Waals surface area contributed by atoms with E-state index in [1.807, 2.05) is 101 Å². The van der Waals surface area contributed by atoms with Crippen LogP contribution >= 0.6 is 15.9 Å². The summed E-state index contributed by atoms with van der Waals surface area (Å²) in [7, 11) is -3.90. The fraction of sp³-hybridized carbons (Fsp3) is 0.698. The van der Waals surface area contributed by atoms with Gasteiger partial charge in [-0.3, -0.25) is 0 Å². The van der Waals surface area contributed by atoms with Crippen LogP contribution in [0.2, 0.25) is 77.1 Å². The highest BCUT2D eigenvalue weighted by molar-refractivity contribution is 9.10. The molecule has 5 aromatic heterocycles. The number of fused-ring (bicyclic) bond motifs is 2. The number of ether oxygens (including phenoxy) is 7. The molecular formula is C63H105BrN12O11Si3. The number of hydrogen-bond donors (Lipinski definition) is 0. The van der Waals surface area contributed by atoms with Crippen LogP contribution in [0.1, 0.15) is 132 Å². The maximum atomic E-state index is 13.9. The first kappa shape index (κ1) is 73.6. The maximum absolute atomic E-state index is 13.9. The van der Waals surface area contributed by atoms with Gasteiger partial charge in [0.2, 0.25) is 0 Å². The first-order chi connectivity index (χ1) is 41.5. The number of amides is 4. The van der Waals surface area contributed by atoms with Crippen molar-refractivity contribution in [3.63, 3.8) is 0 Å². The molecule has 2 atom stereocenters. The second-order valence-electron chi connectivity index (χ2n) is 31.3. The molecule has 90 heavy (non-hydrogen) atoms. The van der Waals surface area contributed by atoms with E-state index in [1.165, 1.54) is 9.80 Å². The fourth-order valence-corrected chi connectivity index (χ4v) is 12.2. The summed E-state index contributed by atoms with van der Waals surface area (Å²) >= 11 is 3.56. The zero-order valence-electron chi connectivity index (χ0n) is 57.9. The van der Waals surface area contributed by atoms with Crippen molar-refractivity contribution >= 4 is 87.5 Å². The van der Waals surface area contributed by atoms with Gasteiger partial charge in [0.15, 0.2) is 11.3 Å². The topological polar surface area (TPSA) is 224 Å². The van der Waals surface area contributed by atoms with Crippen LogP contribution in [-0.2, 0) is 39.9 Å². The van der Waals surface area contributed by atoms with Crippen molar-refractivity contribution in [1.82, 2.24) is 48.8 Å². The van der Waals surface area contributed by atoms with E-state index in [2.05, 4.69) is 85.1 Å². The van der Waals surface area contributed by atoms with Crippen LogP contribution in [0.4, 0.5) is 30.8 Å². The third kappa shape index (κ3) is 23.3. The Morgan fingerprint density at radius 1 is 0.544 bits per heavy atom. The van der Waals surface area contributed by atoms with Crippen molar-refractivity contribution in [2.24, 2.45) is 0 Å². The number of halogens is 1. The van der Waals surface area contributed by atoms with E-state index in [1.54, 1.807) is 42.1 Å². The molecule has 0 N–H and O–H groups in total. The number of nitrogens with zero attached hydrogens (tertiary/aromatic N) is 12. The Morgan fingerprint density at radius 2 is 0.944 bits per heavy atom. The molecule has 23 nitrogen and oxygen atoms in total. The second kappa shape index (κ2) is 30.1. The number of carbonyl (C=O) groups excluding carboxylic acids is 4. The van der Waals surface area contributed by atoms with Crippen molar-refractivity contribution in [3.8, 4) is 11.1 Å². The first-order valence-electron chi connectivity index (χ1n) is 31.7. The van der Waals surface area contributed by atoms with Crippen LogP contribution in [0.5, 0.6) is 0 Å². The largest absolute Gasteiger partial charge is 0.444 e. The van der Waals surface area contributed by atoms with E-state index < -0.39 is 58.8 Å². The average molecular weight is 1370 g/mol. The van der Waals surface area contributed by atoms with Crippen molar-refractivity contribution < 1.29 is 52.3 Å². The lowest BCUT2D eigenvalue weighted by Crippen LogP contribution is -2.42. The van der Waals surface area contributed by atoms with Crippen molar-refractivity contribution in [2.45, 2.75) is 227 Å². The average Bonchev–Trinajstić information content (AvgIpc) is 1.51. The predicted molar refractivity (Wildman–Crippen MR) is 364 cm³/mol. The van der Waals surface area contributed by atoms with Gasteiger partial charge in [0.25, 0.3) is 0 Å². The van der Waals surface area contributed by atoms with Gasteiger partial charge in [-0.25, -0.2) is 43.6 Å². The molecular weight excluding hydrogens is 1260 g/mol. The summed E-state index contributed by atoms with van der Waals surface area (Å²) < 4.78 is 46.9. The van der Waals surface area contributed by atoms with Crippen LogP contribution in [0.25, 0.3) is 22.4 Å². The minimum Gasteiger partial charge on any atom is -0.444 e. The zero-order valence-corrected chi connectivity index (χ0v) is 62.5. The number of aromatic nitrogens is 8. The Kier molecular flexibility index (Phi) is 24.6. The minimum absolute atomic E-state index is 0.0180. The van der Waals surface area contributed by atoms with E-state index in [0.29, 0.717) is 80.1 Å². The minimum atomic E-state index is -1.38. The number of anilines is 2. The van der Waals surface area contributed by atoms with Crippen molar-refractivity contribution in [2.75, 3.05) is 69.3 Å². The Labute approximate surface area is 545 Å². The van der Waals surface area contributed by atoms with Crippen LogP contribution in [0.3, 0.4) is 0 Å². The molecule has 0 spiro atoms. The molecule has 7 rings (SSSR count). The van der Waals surface area contributed by atoms with Gasteiger partial charge in [-0.1, -0.05) is 58.9 Å². The highest BCUT2D eigenvalue weighted by Crippen LogP contribution is 2.36. The predicted octanol–water partition coefficient (Wildman–Crippen LogP) is 14.7. The summed E-state index contributed by atoms with van der Waals surface area (Å²) in [5, 5.41) is 13.8. The lowest BCUT2D eigenvalue weighted by Gasteiger charge is -2.34. The van der Waals surface area contributed by atoms with E-state index in [0.717, 1.165) is 66.3 Å². The molecule has 2 aliphatic rings. The molecule has 4 amide bonds. The van der Waals surface area contributed by atoms with E-state index in [-0.39, 0.29) is 37.5 Å². The molecule has 2 unspecified atom stereocenters. The SMILES string of the molecule is CC(C)(C)OC(=O)N1CCCC(c2cc(N(COCC[Si](C)(C)C)C(=O)OC(C)(C)C)n3ncc(-c4cnn(COCC[Si](C)(C)C)c4)c3n2)C1.CC(C)(C)OC(=O)N1CCCC(c2cc(N(COCC[Si](C)(C)C)C(=O)OC(C)(C)C)n3ncc(Br)c3n2)C1. The summed E-state index contributed by atoms with van der Waals surface area (Å²) in [6.07, 6.45) is 8.64. The molecule has 0 saturated carbocycles. The molecule has 27 heteroatoms. The van der Waals surface area contributed by atoms with Crippen molar-refractivity contribution in [1.29, 1.82) is 0 Å². The second-order valence-corrected chi connectivity index (χ2v) is 49.0. The molecule has 7 heterocycles. The van der Waals surface area contributed by atoms with E-state index in [4.69, 9.17) is 48.2 Å². The first-order valence-corrected chi connectivity index (χ1v) is 43.6. The van der Waals surface area contributed by atoms with Gasteiger partial charge in [0.1, 0.15) is 54.2 Å². The van der Waals surface area contributed by atoms with Crippen LogP contribution in [0, 0.1) is 0 Å². The number of carbonyl (C=O) groups is 4. The van der Waals surface area contributed by atoms with Crippen molar-refractivity contribution in [3.05, 3.63) is 52.8 Å². The highest BCUT2D eigenvalue weighted by atomic mass is 79.9. The molecule has 0 radical (unpaired) electrons. The number of hydrogen-bond acceptors (Lipinski definition) is 16. The molecule has 502 valence electrons. The molecule has 0 bridgehead atoms. The van der Waals surface area contributed by atoms with Gasteiger partial charge in [-0.2, -0.15) is 24.3 Å². The van der Waals surface area contributed by atoms with Crippen LogP contribution in [0.15, 0.2) is 41.4 Å². The van der Waals surface area contributed by atoms with Gasteiger partial charge in [-0.15, -0.1) is 0 Å². The monoisotopic (exact) mass is 1370 g/mol. The summed E-state index contributed by atoms with van der Waals surface area (Å²) in [5.74, 6) is 0.830. The Morgan fingerprint density at radius 3 is 1.37 bits per heavy atom. The fourth-order valence-electron chi connectivity index (χ4n) is 9.57. The lowest BCUT2D eigenvalue weighted by atomic mass is 9.94. The number of rotatable bonds is 20. The number of likely N-dealkylation sites (tertiary alicyclic amines) is 2. The Hall–Kier alpha value is -5.46. The Bertz CT molecular complexity index is 3220. The summed E-state index contributed by atoms with van der Waals surface area (Å²) in [6, 6.07) is 6.75. The highest BCUT2D eigenvalue weighted by Gasteiger charge is 2.35. The van der Waals surface area contributed by atoms with Gasteiger partial charge in [0, 0.05) is 112 Å². The zero-order chi connectivity index (χ0) is 67.0. The maximum Gasteiger partial charge on any atom is 0.417 e. The molecule has 5 aromatic rings. The Balaban J connectivity index is 0.000000297. The van der Waals surface area contributed by atoms with Gasteiger partial charge < -0.3 is 43.0 Å². The van der Waals surface area contributed by atoms with Crippen LogP contribution < -0.4 is 9.80 Å². The van der Waals surface area contributed by atoms with Gasteiger partial charge in [-0.05, 0) is 143 Å². The van der Waals surface area contributed by atoms with E-state index >= 15 is 0 Å². The third-order valence-corrected chi connectivity index (χ3v) is 19.9. The standard InChI is InChI=1S/C36H61N7O6Si2.C27H44BrN5O5Si/c1-35(2,3)48-33(44)40-15-13-14-27(23-40)30-20-31(42(34(45)49-36(4,5)6)26-47-17-19-51(10,11)12)43-32(39-30)29(22-38-43)28-21-37-41(24-28)25-46-16-18-50(7,8)9;1-26(2,3)37-24(34)31-12-10-11-19(17-31)21-15-22(33-23(30-21)20(28)16-29-33)32(25(35)38-27(4,5)6)18-36-13-14-39(7,8)9/h20-22,24,27H,13-19,23,25-26H2,1-12H3;15-16,19H,10-14,17-18H2,1-9H3. The quantitative estimate of drug-likeness (QED) is 0.0306. The molecule has 0 aromatic carbocycles. The number of piperidine rings is 2. The molecule has 0 aliphatic carbocycles. The lowest BCUT2D eigenvalue weighted by molar-refractivity contribution is 0.0187. The summed E-state index contributed by atoms with van der Waals surface area (Å²) in [4.78, 5) is 69.8. The van der Waals surface area contributed by atoms with Gasteiger partial charge in [0.05, 0.1) is 34.5 Å². The molecule has 2 saturated heterocycles. The smallest absolute Gasteiger partial charge is 0.417 e. The van der Waals surface area contributed by atoms with Gasteiger partial charge >= 0.3 is 24.4 Å². The summed E-state index contributed by atoms with van der Waals surface area (Å²) in [5.41, 5.74) is 1.63. The van der Waals surface area contributed by atoms with E-state index in [9.17, 15) is 19.2 Å². The van der Waals surface area contributed by atoms with Crippen LogP contribution in [-0.4, -0.2) is 179 Å². The molecule has 2 fully saturated rings. The summed E-state index contributed by atoms with van der Waals surface area (Å²) in [6.45, 7) is 47.2. The third-order valence-electron chi connectivity index (χ3n) is 14.3. The molecule has 2 aliphatic heterocycles.